The number of aromatic nitrogens is 3. The minimum absolute atomic E-state index is 0.0555. The highest BCUT2D eigenvalue weighted by atomic mass is 19.4. The molecule has 12 heteroatoms. The average Bonchev–Trinajstić information content (AvgIpc) is 3.40. The smallest absolute Gasteiger partial charge is 0.421 e. The number of ether oxygens (including phenoxy) is 1. The molecule has 0 saturated carbocycles. The highest BCUT2D eigenvalue weighted by molar-refractivity contribution is 6.09. The lowest BCUT2D eigenvalue weighted by Crippen LogP contribution is -2.38. The molecule has 0 aliphatic carbocycles. The summed E-state index contributed by atoms with van der Waals surface area (Å²) in [4.78, 5) is 30.8. The van der Waals surface area contributed by atoms with Gasteiger partial charge in [-0.1, -0.05) is 17.7 Å². The van der Waals surface area contributed by atoms with Crippen LogP contribution in [0.15, 0.2) is 67.0 Å². The van der Waals surface area contributed by atoms with Gasteiger partial charge in [-0.2, -0.15) is 18.3 Å². The van der Waals surface area contributed by atoms with Crippen LogP contribution in [-0.4, -0.2) is 37.8 Å². The number of alkyl halides is 3. The van der Waals surface area contributed by atoms with Crippen LogP contribution in [0, 0.1) is 6.92 Å². The number of aromatic carboxylic acids is 1. The number of rotatable bonds is 10. The Morgan fingerprint density at radius 3 is 2.43 bits per heavy atom. The summed E-state index contributed by atoms with van der Waals surface area (Å²) in [6, 6.07) is 12.8. The molecule has 0 spiro atoms. The van der Waals surface area contributed by atoms with Gasteiger partial charge in [-0.05, 0) is 69.7 Å². The normalized spacial score (nSPS) is 11.4. The Balaban J connectivity index is 1.64. The van der Waals surface area contributed by atoms with E-state index in [2.05, 4.69) is 15.4 Å². The largest absolute Gasteiger partial charge is 0.478 e. The molecule has 2 aromatic heterocycles. The molecule has 4 aromatic rings. The van der Waals surface area contributed by atoms with E-state index in [1.807, 2.05) is 13.8 Å². The lowest BCUT2D eigenvalue weighted by atomic mass is 10.1. The molecule has 1 amide bonds. The van der Waals surface area contributed by atoms with Crippen molar-refractivity contribution in [2.75, 3.05) is 10.2 Å². The fourth-order valence-corrected chi connectivity index (χ4v) is 4.33. The second-order valence-corrected chi connectivity index (χ2v) is 9.80. The number of carbonyl (C=O) groups excluding carboxylic acids is 1. The third kappa shape index (κ3) is 6.70. The molecule has 2 aromatic carbocycles. The fraction of sp³-hybridized carbons (Fsp3) is 0.267. The van der Waals surface area contributed by atoms with Crippen LogP contribution in [0.2, 0.25) is 0 Å². The highest BCUT2D eigenvalue weighted by Crippen LogP contribution is 2.38. The van der Waals surface area contributed by atoms with Gasteiger partial charge in [0.2, 0.25) is 5.88 Å². The molecule has 0 aliphatic heterocycles. The van der Waals surface area contributed by atoms with Crippen LogP contribution in [-0.2, 0) is 19.3 Å². The van der Waals surface area contributed by atoms with Crippen LogP contribution in [0.1, 0.15) is 58.2 Å². The summed E-state index contributed by atoms with van der Waals surface area (Å²) in [5, 5.41) is 17.1. The summed E-state index contributed by atoms with van der Waals surface area (Å²) in [5.41, 5.74) is 0.206. The molecule has 0 saturated heterocycles. The van der Waals surface area contributed by atoms with Crippen molar-refractivity contribution in [3.8, 4) is 11.6 Å². The Bertz CT molecular complexity index is 1580. The predicted octanol–water partition coefficient (Wildman–Crippen LogP) is 6.78. The summed E-state index contributed by atoms with van der Waals surface area (Å²) in [6.07, 6.45) is -1.97. The maximum atomic E-state index is 14.0. The minimum Gasteiger partial charge on any atom is -0.478 e. The highest BCUT2D eigenvalue weighted by Gasteiger charge is 2.36. The lowest BCUT2D eigenvalue weighted by Gasteiger charge is -2.28. The van der Waals surface area contributed by atoms with Gasteiger partial charge in [0, 0.05) is 37.0 Å². The molecule has 0 aliphatic rings. The molecule has 0 unspecified atom stereocenters. The van der Waals surface area contributed by atoms with E-state index in [1.165, 1.54) is 23.2 Å². The number of benzene rings is 2. The van der Waals surface area contributed by atoms with Crippen LogP contribution in [0.25, 0.3) is 0 Å². The van der Waals surface area contributed by atoms with E-state index in [-0.39, 0.29) is 29.1 Å². The van der Waals surface area contributed by atoms with Crippen molar-refractivity contribution < 1.29 is 32.6 Å². The number of hydrogen-bond donors (Lipinski definition) is 2. The number of nitrogens with one attached hydrogen (secondary N) is 1. The molecular formula is C30H30F3N5O4. The molecule has 2 N–H and O–H groups in total. The van der Waals surface area contributed by atoms with E-state index in [0.29, 0.717) is 17.9 Å². The van der Waals surface area contributed by atoms with Crippen molar-refractivity contribution >= 4 is 23.4 Å². The van der Waals surface area contributed by atoms with E-state index in [1.54, 1.807) is 55.1 Å². The first-order valence-corrected chi connectivity index (χ1v) is 13.2. The number of anilines is 2. The summed E-state index contributed by atoms with van der Waals surface area (Å²) in [7, 11) is 0. The topological polar surface area (TPSA) is 110 Å². The zero-order valence-electron chi connectivity index (χ0n) is 23.4. The third-order valence-electron chi connectivity index (χ3n) is 6.41. The molecule has 2 heterocycles. The van der Waals surface area contributed by atoms with Gasteiger partial charge in [-0.15, -0.1) is 0 Å². The van der Waals surface area contributed by atoms with Gasteiger partial charge in [0.15, 0.2) is 0 Å². The lowest BCUT2D eigenvalue weighted by molar-refractivity contribution is -0.138. The monoisotopic (exact) mass is 581 g/mol. The molecule has 42 heavy (non-hydrogen) atoms. The first kappa shape index (κ1) is 30.1. The van der Waals surface area contributed by atoms with Crippen LogP contribution in [0.5, 0.6) is 11.6 Å². The Hall–Kier alpha value is -4.87. The second kappa shape index (κ2) is 12.3. The Kier molecular flexibility index (Phi) is 8.84. The van der Waals surface area contributed by atoms with Crippen LogP contribution >= 0.6 is 0 Å². The molecule has 0 bridgehead atoms. The second-order valence-electron chi connectivity index (χ2n) is 9.80. The average molecular weight is 582 g/mol. The maximum Gasteiger partial charge on any atom is 0.421 e. The number of amides is 1. The van der Waals surface area contributed by atoms with Crippen molar-refractivity contribution in [3.05, 3.63) is 94.8 Å². The summed E-state index contributed by atoms with van der Waals surface area (Å²) in [5.74, 6) is -2.07. The zero-order valence-corrected chi connectivity index (χ0v) is 23.4. The van der Waals surface area contributed by atoms with Gasteiger partial charge < -0.3 is 20.1 Å². The van der Waals surface area contributed by atoms with Gasteiger partial charge in [0.1, 0.15) is 17.1 Å². The first-order valence-electron chi connectivity index (χ1n) is 13.2. The van der Waals surface area contributed by atoms with Crippen LogP contribution < -0.4 is 15.0 Å². The molecule has 9 nitrogen and oxygen atoms in total. The Labute approximate surface area is 240 Å². The molecule has 0 atom stereocenters. The quantitative estimate of drug-likeness (QED) is 0.212. The van der Waals surface area contributed by atoms with Crippen molar-refractivity contribution in [1.29, 1.82) is 0 Å². The van der Waals surface area contributed by atoms with Crippen LogP contribution in [0.4, 0.5) is 24.7 Å². The van der Waals surface area contributed by atoms with E-state index < -0.39 is 35.5 Å². The van der Waals surface area contributed by atoms with E-state index in [4.69, 9.17) is 4.74 Å². The summed E-state index contributed by atoms with van der Waals surface area (Å²) < 4.78 is 49.2. The van der Waals surface area contributed by atoms with E-state index in [9.17, 15) is 27.9 Å². The van der Waals surface area contributed by atoms with Crippen molar-refractivity contribution in [2.45, 2.75) is 53.0 Å². The number of halogens is 3. The van der Waals surface area contributed by atoms with Gasteiger partial charge in [-0.3, -0.25) is 9.48 Å². The fourth-order valence-electron chi connectivity index (χ4n) is 4.33. The standard InChI is InChI=1S/C30H30F3N5O4/c1-5-37-26(12-13-36-37)34-16-20-14-24(30(31,32)33)27(35-17-20)42-22-10-11-25(23(15-22)29(40)41)38(18(2)3)28(39)21-8-6-19(4)7-9-21/h6-15,17-18,34H,5,16H2,1-4H3,(H,40,41). The minimum atomic E-state index is -4.80. The predicted molar refractivity (Wildman–Crippen MR) is 151 cm³/mol. The molecule has 4 rings (SSSR count). The van der Waals surface area contributed by atoms with Crippen molar-refractivity contribution in [2.24, 2.45) is 0 Å². The zero-order chi connectivity index (χ0) is 30.6. The first-order chi connectivity index (χ1) is 19.9. The van der Waals surface area contributed by atoms with Gasteiger partial charge in [-0.25, -0.2) is 9.78 Å². The maximum absolute atomic E-state index is 14.0. The number of nitrogens with zero attached hydrogens (tertiary/aromatic N) is 4. The molecule has 220 valence electrons. The number of carboxylic acid groups (broad SMARTS) is 1. The number of hydrogen-bond acceptors (Lipinski definition) is 6. The number of carbonyl (C=O) groups is 2. The third-order valence-corrected chi connectivity index (χ3v) is 6.41. The Morgan fingerprint density at radius 1 is 1.10 bits per heavy atom. The van der Waals surface area contributed by atoms with E-state index in [0.717, 1.165) is 17.7 Å². The SMILES string of the molecule is CCn1nccc1NCc1cnc(Oc2ccc(N(C(=O)c3ccc(C)cc3)C(C)C)c(C(=O)O)c2)c(C(F)(F)F)c1. The number of carboxylic acids is 1. The molecule has 0 fully saturated rings. The number of pyridine rings is 1. The summed E-state index contributed by atoms with van der Waals surface area (Å²) >= 11 is 0. The molecular weight excluding hydrogens is 551 g/mol. The van der Waals surface area contributed by atoms with Crippen LogP contribution in [0.3, 0.4) is 0 Å². The van der Waals surface area contributed by atoms with Crippen molar-refractivity contribution in [1.82, 2.24) is 14.8 Å². The van der Waals surface area contributed by atoms with Gasteiger partial charge in [0.25, 0.3) is 5.91 Å². The van der Waals surface area contributed by atoms with Crippen molar-refractivity contribution in [3.63, 3.8) is 0 Å². The Morgan fingerprint density at radius 2 is 1.81 bits per heavy atom. The number of aryl methyl sites for hydroxylation is 2. The van der Waals surface area contributed by atoms with Gasteiger partial charge in [0.05, 0.1) is 17.4 Å². The van der Waals surface area contributed by atoms with Gasteiger partial charge >= 0.3 is 12.1 Å². The summed E-state index contributed by atoms with van der Waals surface area (Å²) in [6.45, 7) is 7.86. The van der Waals surface area contributed by atoms with E-state index >= 15 is 0 Å². The molecule has 0 radical (unpaired) electrons.